The predicted octanol–water partition coefficient (Wildman–Crippen LogP) is 4.40. The van der Waals surface area contributed by atoms with E-state index in [1.165, 1.54) is 6.33 Å². The van der Waals surface area contributed by atoms with Gasteiger partial charge in [-0.15, -0.1) is 0 Å². The quantitative estimate of drug-likeness (QED) is 0.287. The number of amides is 2. The average molecular weight is 597 g/mol. The Labute approximate surface area is 237 Å². The second kappa shape index (κ2) is 9.67. The third-order valence-corrected chi connectivity index (χ3v) is 8.55. The number of hydrogen-bond acceptors (Lipinski definition) is 7. The number of nitrogen functional groups attached to an aromatic ring is 1. The van der Waals surface area contributed by atoms with Crippen LogP contribution in [0.4, 0.5) is 11.6 Å². The SMILES string of the molecule is Nc1ncnc2c1c1cc(-c3cccnc3)ccc1n2CC(=O)N1C2CC[C@@H]2C[C@H]1C(=O)Nc1cccc(Br)n1. The maximum absolute atomic E-state index is 14.0. The monoisotopic (exact) mass is 596 g/mol. The zero-order valence-electron chi connectivity index (χ0n) is 21.4. The Morgan fingerprint density at radius 2 is 1.98 bits per heavy atom. The van der Waals surface area contributed by atoms with Crippen molar-refractivity contribution < 1.29 is 9.59 Å². The zero-order valence-corrected chi connectivity index (χ0v) is 23.0. The number of nitrogens with one attached hydrogen (secondary N) is 1. The summed E-state index contributed by atoms with van der Waals surface area (Å²) in [5, 5.41) is 4.47. The van der Waals surface area contributed by atoms with Gasteiger partial charge in [-0.05, 0) is 77.0 Å². The van der Waals surface area contributed by atoms with E-state index in [2.05, 4.69) is 41.2 Å². The first kappa shape index (κ1) is 24.6. The van der Waals surface area contributed by atoms with Crippen molar-refractivity contribution in [1.82, 2.24) is 29.4 Å². The van der Waals surface area contributed by atoms with E-state index in [9.17, 15) is 9.59 Å². The summed E-state index contributed by atoms with van der Waals surface area (Å²) in [6.45, 7) is 0.0326. The van der Waals surface area contributed by atoms with E-state index >= 15 is 0 Å². The Balaban J connectivity index is 1.24. The van der Waals surface area contributed by atoms with Crippen LogP contribution < -0.4 is 11.1 Å². The van der Waals surface area contributed by atoms with Crippen LogP contribution >= 0.6 is 15.9 Å². The van der Waals surface area contributed by atoms with Crippen molar-refractivity contribution in [3.63, 3.8) is 0 Å². The first-order valence-electron chi connectivity index (χ1n) is 13.2. The van der Waals surface area contributed by atoms with Crippen LogP contribution in [0, 0.1) is 5.92 Å². The second-order valence-corrected chi connectivity index (χ2v) is 11.1. The van der Waals surface area contributed by atoms with E-state index in [0.29, 0.717) is 39.6 Å². The molecule has 5 aromatic rings. The molecule has 40 heavy (non-hydrogen) atoms. The largest absolute Gasteiger partial charge is 0.383 e. The van der Waals surface area contributed by atoms with Crippen molar-refractivity contribution in [2.75, 3.05) is 11.1 Å². The molecule has 3 atom stereocenters. The predicted molar refractivity (Wildman–Crippen MR) is 155 cm³/mol. The van der Waals surface area contributed by atoms with E-state index in [1.54, 1.807) is 29.4 Å². The number of rotatable bonds is 5. The Morgan fingerprint density at radius 3 is 2.75 bits per heavy atom. The van der Waals surface area contributed by atoms with Gasteiger partial charge >= 0.3 is 0 Å². The summed E-state index contributed by atoms with van der Waals surface area (Å²) < 4.78 is 2.51. The summed E-state index contributed by atoms with van der Waals surface area (Å²) in [5.41, 5.74) is 9.70. The number of halogens is 1. The molecule has 1 aliphatic heterocycles. The highest BCUT2D eigenvalue weighted by atomic mass is 79.9. The summed E-state index contributed by atoms with van der Waals surface area (Å²) in [5.74, 6) is 0.784. The summed E-state index contributed by atoms with van der Waals surface area (Å²) >= 11 is 3.34. The molecule has 0 radical (unpaired) electrons. The minimum absolute atomic E-state index is 0.0326. The van der Waals surface area contributed by atoms with Gasteiger partial charge in [0.2, 0.25) is 11.8 Å². The van der Waals surface area contributed by atoms with Gasteiger partial charge in [-0.3, -0.25) is 14.6 Å². The molecule has 200 valence electrons. The van der Waals surface area contributed by atoms with E-state index in [4.69, 9.17) is 5.73 Å². The molecule has 0 spiro atoms. The van der Waals surface area contributed by atoms with Gasteiger partial charge in [0.15, 0.2) is 0 Å². The molecule has 1 saturated carbocycles. The van der Waals surface area contributed by atoms with Crippen LogP contribution in [0.3, 0.4) is 0 Å². The second-order valence-electron chi connectivity index (χ2n) is 10.3. The molecule has 2 aliphatic rings. The maximum Gasteiger partial charge on any atom is 0.248 e. The number of carbonyl (C=O) groups is 2. The molecule has 11 heteroatoms. The number of carbonyl (C=O) groups excluding carboxylic acids is 2. The molecule has 1 unspecified atom stereocenters. The van der Waals surface area contributed by atoms with Crippen molar-refractivity contribution >= 4 is 61.3 Å². The summed E-state index contributed by atoms with van der Waals surface area (Å²) in [6.07, 6.45) is 7.52. The van der Waals surface area contributed by atoms with Crippen LogP contribution in [0.25, 0.3) is 33.1 Å². The van der Waals surface area contributed by atoms with Gasteiger partial charge in [0, 0.05) is 29.4 Å². The first-order chi connectivity index (χ1) is 19.5. The Morgan fingerprint density at radius 1 is 1.07 bits per heavy atom. The summed E-state index contributed by atoms with van der Waals surface area (Å²) in [6, 6.07) is 14.7. The molecular formula is C29H25BrN8O2. The number of nitrogens with zero attached hydrogens (tertiary/aromatic N) is 6. The first-order valence-corrected chi connectivity index (χ1v) is 13.9. The molecule has 4 aromatic heterocycles. The zero-order chi connectivity index (χ0) is 27.4. The normalized spacial score (nSPS) is 19.9. The lowest BCUT2D eigenvalue weighted by molar-refractivity contribution is -0.140. The number of nitrogens with two attached hydrogens (primary N) is 1. The van der Waals surface area contributed by atoms with E-state index in [0.717, 1.165) is 34.9 Å². The number of pyridine rings is 2. The lowest BCUT2D eigenvalue weighted by Gasteiger charge is -2.37. The molecule has 5 heterocycles. The molecule has 1 saturated heterocycles. The minimum Gasteiger partial charge on any atom is -0.383 e. The topological polar surface area (TPSA) is 132 Å². The van der Waals surface area contributed by atoms with Gasteiger partial charge in [0.1, 0.15) is 40.8 Å². The van der Waals surface area contributed by atoms with E-state index < -0.39 is 6.04 Å². The van der Waals surface area contributed by atoms with Crippen LogP contribution in [-0.2, 0) is 16.1 Å². The van der Waals surface area contributed by atoms with Gasteiger partial charge in [-0.25, -0.2) is 15.0 Å². The number of fused-ring (bicyclic) bond motifs is 4. The average Bonchev–Trinajstić information content (AvgIpc) is 3.40. The van der Waals surface area contributed by atoms with E-state index in [1.807, 2.05) is 41.0 Å². The van der Waals surface area contributed by atoms with Gasteiger partial charge in [-0.2, -0.15) is 0 Å². The fourth-order valence-corrected chi connectivity index (χ4v) is 6.48. The standard InChI is InChI=1S/C29H25BrN8O2/c30-23-4-1-5-24(35-23)36-29(40)22-12-17-7-8-20(17)38(22)25(39)14-37-21-9-6-16(18-3-2-10-32-13-18)11-19(21)26-27(31)33-15-34-28(26)37/h1-6,9-11,13,15,17,20,22H,7-8,12,14H2,(H2,31,33,34)(H,35,36,40)/t17-,20?,22+/m1/s1. The van der Waals surface area contributed by atoms with E-state index in [-0.39, 0.29) is 24.4 Å². The molecule has 2 amide bonds. The highest BCUT2D eigenvalue weighted by molar-refractivity contribution is 9.10. The summed E-state index contributed by atoms with van der Waals surface area (Å²) in [7, 11) is 0. The number of anilines is 2. The van der Waals surface area contributed by atoms with Crippen molar-refractivity contribution in [1.29, 1.82) is 0 Å². The fraction of sp³-hybridized carbons (Fsp3) is 0.241. The Bertz CT molecular complexity index is 1790. The summed E-state index contributed by atoms with van der Waals surface area (Å²) in [4.78, 5) is 46.5. The fourth-order valence-electron chi connectivity index (χ4n) is 6.13. The van der Waals surface area contributed by atoms with Crippen LogP contribution in [0.2, 0.25) is 0 Å². The third-order valence-electron chi connectivity index (χ3n) is 8.11. The van der Waals surface area contributed by atoms with Gasteiger partial charge in [-0.1, -0.05) is 18.2 Å². The van der Waals surface area contributed by atoms with Crippen molar-refractivity contribution in [3.05, 3.63) is 71.9 Å². The number of likely N-dealkylation sites (tertiary alicyclic amines) is 1. The highest BCUT2D eigenvalue weighted by Crippen LogP contribution is 2.44. The number of benzene rings is 1. The highest BCUT2D eigenvalue weighted by Gasteiger charge is 2.51. The molecular weight excluding hydrogens is 572 g/mol. The van der Waals surface area contributed by atoms with Crippen LogP contribution in [0.5, 0.6) is 0 Å². The third kappa shape index (κ3) is 4.08. The lowest BCUT2D eigenvalue weighted by Crippen LogP contribution is -2.50. The molecule has 7 rings (SSSR count). The minimum atomic E-state index is -0.559. The van der Waals surface area contributed by atoms with Crippen LogP contribution in [0.1, 0.15) is 19.3 Å². The molecule has 0 bridgehead atoms. The van der Waals surface area contributed by atoms with Gasteiger partial charge in [0.25, 0.3) is 0 Å². The maximum atomic E-state index is 14.0. The van der Waals surface area contributed by atoms with Gasteiger partial charge < -0.3 is 20.5 Å². The van der Waals surface area contributed by atoms with Crippen LogP contribution in [-0.4, -0.2) is 53.3 Å². The number of aromatic nitrogens is 5. The Hall–Kier alpha value is -4.38. The lowest BCUT2D eigenvalue weighted by atomic mass is 9.80. The van der Waals surface area contributed by atoms with Crippen LogP contribution in [0.15, 0.2) is 71.9 Å². The van der Waals surface area contributed by atoms with Crippen molar-refractivity contribution in [2.45, 2.75) is 37.9 Å². The van der Waals surface area contributed by atoms with Crippen molar-refractivity contribution in [3.8, 4) is 11.1 Å². The Kier molecular flexibility index (Phi) is 5.96. The van der Waals surface area contributed by atoms with Crippen molar-refractivity contribution in [2.24, 2.45) is 5.92 Å². The van der Waals surface area contributed by atoms with Gasteiger partial charge in [0.05, 0.1) is 10.9 Å². The smallest absolute Gasteiger partial charge is 0.248 e. The molecule has 3 N–H and O–H groups in total. The molecule has 1 aliphatic carbocycles. The number of hydrogen-bond donors (Lipinski definition) is 2. The molecule has 10 nitrogen and oxygen atoms in total. The molecule has 1 aromatic carbocycles. The molecule has 2 fully saturated rings.